The second kappa shape index (κ2) is 7.70. The van der Waals surface area contributed by atoms with Gasteiger partial charge in [0.25, 0.3) is 0 Å². The monoisotopic (exact) mass is 436 g/mol. The molecule has 0 N–H and O–H groups in total. The van der Waals surface area contributed by atoms with Gasteiger partial charge in [-0.3, -0.25) is 0 Å². The van der Waals surface area contributed by atoms with Crippen molar-refractivity contribution in [1.29, 1.82) is 0 Å². The lowest BCUT2D eigenvalue weighted by molar-refractivity contribution is -0.671. The second-order valence-corrected chi connectivity index (χ2v) is 5.55. The Morgan fingerprint density at radius 1 is 1.04 bits per heavy atom. The summed E-state index contributed by atoms with van der Waals surface area (Å²) in [6.45, 7) is 0. The van der Waals surface area contributed by atoms with Crippen LogP contribution in [-0.2, 0) is 14.1 Å². The molecule has 0 spiro atoms. The van der Waals surface area contributed by atoms with Crippen molar-refractivity contribution < 1.29 is 38.0 Å². The molecule has 24 heavy (non-hydrogen) atoms. The van der Waals surface area contributed by atoms with Crippen LogP contribution in [0.1, 0.15) is 11.1 Å². The van der Waals surface area contributed by atoms with Gasteiger partial charge in [0.2, 0.25) is 0 Å². The largest absolute Gasteiger partial charge is 1.00 e. The van der Waals surface area contributed by atoms with Gasteiger partial charge >= 0.3 is 0 Å². The maximum atomic E-state index is 5.56. The summed E-state index contributed by atoms with van der Waals surface area (Å²) >= 11 is 0. The Bertz CT molecular complexity index is 867. The molecule has 0 saturated heterocycles. The van der Waals surface area contributed by atoms with Crippen molar-refractivity contribution in [3.63, 3.8) is 0 Å². The number of halogens is 1. The first-order chi connectivity index (χ1) is 11.1. The Kier molecular flexibility index (Phi) is 5.88. The smallest absolute Gasteiger partial charge is 0.169 e. The van der Waals surface area contributed by atoms with E-state index in [9.17, 15) is 0 Å². The predicted molar refractivity (Wildman–Crippen MR) is 92.6 cm³/mol. The number of rotatable bonds is 4. The molecule has 0 atom stereocenters. The van der Waals surface area contributed by atoms with Crippen molar-refractivity contribution in [2.45, 2.75) is 0 Å². The predicted octanol–water partition coefficient (Wildman–Crippen LogP) is 0.194. The minimum Gasteiger partial charge on any atom is -1.00 e. The summed E-state index contributed by atoms with van der Waals surface area (Å²) in [7, 11) is 7.39. The third-order valence-electron chi connectivity index (χ3n) is 3.97. The average molecular weight is 436 g/mol. The van der Waals surface area contributed by atoms with Crippen molar-refractivity contribution in [3.05, 3.63) is 54.0 Å². The number of hydrogen-bond acceptors (Lipinski definition) is 2. The van der Waals surface area contributed by atoms with Crippen LogP contribution in [0.15, 0.2) is 42.9 Å². The van der Waals surface area contributed by atoms with E-state index in [0.29, 0.717) is 0 Å². The fraction of sp³-hybridized carbons (Fsp3) is 0.211. The standard InChI is InChI=1S/C19H21N2O2.HI/c1-20-9-7-14(8-10-20)5-6-15-13-21(2)17-11-16(22-3)12-18(23-4)19(15)17;/h5-13H,1-4H3;1H/q+1;/p-1. The van der Waals surface area contributed by atoms with Crippen molar-refractivity contribution in [2.24, 2.45) is 14.1 Å². The Hall–Kier alpha value is -2.02. The quantitative estimate of drug-likeness (QED) is 0.432. The SMILES string of the molecule is COc1cc(OC)c2c(C=Cc3cc[n+](C)cc3)cn(C)c2c1.[I-]. The van der Waals surface area contributed by atoms with Gasteiger partial charge in [0.15, 0.2) is 12.4 Å². The molecule has 0 unspecified atom stereocenters. The number of ether oxygens (including phenoxy) is 2. The maximum absolute atomic E-state index is 5.56. The van der Waals surface area contributed by atoms with Crippen LogP contribution in [0.4, 0.5) is 0 Å². The van der Waals surface area contributed by atoms with E-state index in [2.05, 4.69) is 35.0 Å². The van der Waals surface area contributed by atoms with Crippen LogP contribution in [-0.4, -0.2) is 18.8 Å². The number of aromatic nitrogens is 2. The highest BCUT2D eigenvalue weighted by molar-refractivity contribution is 5.97. The van der Waals surface area contributed by atoms with E-state index in [1.54, 1.807) is 14.2 Å². The fourth-order valence-corrected chi connectivity index (χ4v) is 2.70. The highest BCUT2D eigenvalue weighted by Gasteiger charge is 2.12. The molecular weight excluding hydrogens is 415 g/mol. The van der Waals surface area contributed by atoms with E-state index in [1.165, 1.54) is 0 Å². The Morgan fingerprint density at radius 2 is 1.75 bits per heavy atom. The number of nitrogens with zero attached hydrogens (tertiary/aromatic N) is 2. The molecule has 3 rings (SSSR count). The van der Waals surface area contributed by atoms with Crippen LogP contribution in [0.2, 0.25) is 0 Å². The number of fused-ring (bicyclic) bond motifs is 1. The highest BCUT2D eigenvalue weighted by Crippen LogP contribution is 2.35. The molecule has 2 aromatic heterocycles. The van der Waals surface area contributed by atoms with Gasteiger partial charge in [-0.1, -0.05) is 12.2 Å². The summed E-state index contributed by atoms with van der Waals surface area (Å²) < 4.78 is 15.0. The first kappa shape index (κ1) is 18.3. The van der Waals surface area contributed by atoms with Gasteiger partial charge < -0.3 is 38.0 Å². The molecule has 2 heterocycles. The van der Waals surface area contributed by atoms with Crippen LogP contribution >= 0.6 is 0 Å². The third-order valence-corrected chi connectivity index (χ3v) is 3.97. The molecule has 3 aromatic rings. The molecular formula is C19H21IN2O2. The zero-order valence-electron chi connectivity index (χ0n) is 14.3. The van der Waals surface area contributed by atoms with E-state index < -0.39 is 0 Å². The second-order valence-electron chi connectivity index (χ2n) is 5.55. The lowest BCUT2D eigenvalue weighted by Gasteiger charge is -2.07. The molecule has 0 radical (unpaired) electrons. The molecule has 126 valence electrons. The van der Waals surface area contributed by atoms with Crippen molar-refractivity contribution in [3.8, 4) is 11.5 Å². The summed E-state index contributed by atoms with van der Waals surface area (Å²) in [5, 5.41) is 1.09. The van der Waals surface area contributed by atoms with Gasteiger partial charge in [-0.2, -0.15) is 0 Å². The van der Waals surface area contributed by atoms with Crippen LogP contribution in [0, 0.1) is 0 Å². The number of hydrogen-bond donors (Lipinski definition) is 0. The van der Waals surface area contributed by atoms with Gasteiger partial charge in [0.05, 0.1) is 19.7 Å². The summed E-state index contributed by atoms with van der Waals surface area (Å²) in [5.41, 5.74) is 3.36. The number of aryl methyl sites for hydroxylation is 2. The summed E-state index contributed by atoms with van der Waals surface area (Å²) in [5.74, 6) is 1.61. The van der Waals surface area contributed by atoms with E-state index in [0.717, 1.165) is 33.5 Å². The fourth-order valence-electron chi connectivity index (χ4n) is 2.70. The number of benzene rings is 1. The molecule has 0 bridgehead atoms. The van der Waals surface area contributed by atoms with Crippen molar-refractivity contribution >= 4 is 23.1 Å². The first-order valence-electron chi connectivity index (χ1n) is 7.47. The third kappa shape index (κ3) is 3.56. The molecule has 4 nitrogen and oxygen atoms in total. The first-order valence-corrected chi connectivity index (χ1v) is 7.47. The topological polar surface area (TPSA) is 27.3 Å². The molecule has 0 amide bonds. The lowest BCUT2D eigenvalue weighted by Crippen LogP contribution is -3.00. The van der Waals surface area contributed by atoms with Gasteiger partial charge in [-0.15, -0.1) is 0 Å². The summed E-state index contributed by atoms with van der Waals surface area (Å²) in [6, 6.07) is 8.11. The van der Waals surface area contributed by atoms with E-state index in [-0.39, 0.29) is 24.0 Å². The number of pyridine rings is 1. The van der Waals surface area contributed by atoms with E-state index in [1.807, 2.05) is 43.2 Å². The van der Waals surface area contributed by atoms with Gasteiger partial charge in [-0.05, 0) is 5.56 Å². The summed E-state index contributed by atoms with van der Waals surface area (Å²) in [4.78, 5) is 0. The zero-order valence-corrected chi connectivity index (χ0v) is 16.4. The van der Waals surface area contributed by atoms with E-state index in [4.69, 9.17) is 9.47 Å². The molecule has 5 heteroatoms. The van der Waals surface area contributed by atoms with Gasteiger partial charge in [0.1, 0.15) is 18.5 Å². The number of methoxy groups -OCH3 is 2. The Balaban J connectivity index is 0.00000208. The Morgan fingerprint density at radius 3 is 2.38 bits per heavy atom. The zero-order chi connectivity index (χ0) is 16.4. The van der Waals surface area contributed by atoms with Crippen LogP contribution in [0.3, 0.4) is 0 Å². The normalized spacial score (nSPS) is 10.8. The van der Waals surface area contributed by atoms with Crippen LogP contribution in [0.25, 0.3) is 23.1 Å². The summed E-state index contributed by atoms with van der Waals surface area (Å²) in [6.07, 6.45) is 10.4. The minimum atomic E-state index is 0. The van der Waals surface area contributed by atoms with Crippen molar-refractivity contribution in [1.82, 2.24) is 4.57 Å². The van der Waals surface area contributed by atoms with E-state index >= 15 is 0 Å². The Labute approximate surface area is 159 Å². The molecule has 0 aliphatic rings. The maximum Gasteiger partial charge on any atom is 0.169 e. The van der Waals surface area contributed by atoms with Gasteiger partial charge in [0, 0.05) is 48.5 Å². The van der Waals surface area contributed by atoms with Gasteiger partial charge in [-0.25, -0.2) is 4.57 Å². The molecule has 0 aliphatic carbocycles. The molecule has 0 saturated carbocycles. The molecule has 0 fully saturated rings. The average Bonchev–Trinajstić information content (AvgIpc) is 2.89. The van der Waals surface area contributed by atoms with Crippen molar-refractivity contribution in [2.75, 3.05) is 14.2 Å². The van der Waals surface area contributed by atoms with Crippen LogP contribution in [0.5, 0.6) is 11.5 Å². The lowest BCUT2D eigenvalue weighted by atomic mass is 10.1. The van der Waals surface area contributed by atoms with Crippen LogP contribution < -0.4 is 38.0 Å². The molecule has 0 aliphatic heterocycles. The highest BCUT2D eigenvalue weighted by atomic mass is 127. The molecule has 1 aromatic carbocycles. The minimum absolute atomic E-state index is 0.